The van der Waals surface area contributed by atoms with Gasteiger partial charge in [-0.1, -0.05) is 0 Å². The Balaban J connectivity index is 3.06. The van der Waals surface area contributed by atoms with Gasteiger partial charge in [-0.2, -0.15) is 0 Å². The lowest BCUT2D eigenvalue weighted by molar-refractivity contribution is 0.295. The molecule has 0 spiro atoms. The summed E-state index contributed by atoms with van der Waals surface area (Å²) in [5.74, 6) is 0. The summed E-state index contributed by atoms with van der Waals surface area (Å²) in [6.45, 7) is 2.36. The monoisotopic (exact) mass is 154 g/mol. The number of nitrogens with zero attached hydrogens (tertiary/aromatic N) is 2. The Labute approximate surface area is 64.5 Å². The molecule has 11 heavy (non-hydrogen) atoms. The quantitative estimate of drug-likeness (QED) is 0.610. The molecule has 1 aromatic rings. The van der Waals surface area contributed by atoms with E-state index in [9.17, 15) is 4.79 Å². The van der Waals surface area contributed by atoms with Gasteiger partial charge in [0, 0.05) is 19.3 Å². The highest BCUT2D eigenvalue weighted by Gasteiger charge is 1.98. The molecule has 0 radical (unpaired) electrons. The molecule has 0 atom stereocenters. The maximum atomic E-state index is 11.0. The van der Waals surface area contributed by atoms with E-state index in [1.807, 2.05) is 6.92 Å². The molecule has 1 heterocycles. The van der Waals surface area contributed by atoms with Gasteiger partial charge in [0.1, 0.15) is 0 Å². The summed E-state index contributed by atoms with van der Waals surface area (Å²) in [4.78, 5) is 14.8. The van der Waals surface area contributed by atoms with Crippen molar-refractivity contribution in [3.63, 3.8) is 0 Å². The second kappa shape index (κ2) is 3.18. The lowest BCUT2D eigenvalue weighted by Crippen LogP contribution is -2.18. The third kappa shape index (κ3) is 1.58. The lowest BCUT2D eigenvalue weighted by Gasteiger charge is -2.04. The zero-order valence-corrected chi connectivity index (χ0v) is 6.57. The van der Waals surface area contributed by atoms with Crippen LogP contribution >= 0.6 is 0 Å². The minimum absolute atomic E-state index is 0.108. The van der Waals surface area contributed by atoms with Gasteiger partial charge in [-0.3, -0.25) is 9.36 Å². The molecular formula is C7H10N2O2. The first kappa shape index (κ1) is 7.78. The Bertz CT molecular complexity index is 293. The highest BCUT2D eigenvalue weighted by atomic mass is 16.5. The van der Waals surface area contributed by atoms with Gasteiger partial charge >= 0.3 is 0 Å². The van der Waals surface area contributed by atoms with Crippen molar-refractivity contribution in [1.82, 2.24) is 9.55 Å². The van der Waals surface area contributed by atoms with Gasteiger partial charge in [-0.15, -0.1) is 0 Å². The van der Waals surface area contributed by atoms with Crippen LogP contribution in [0.25, 0.3) is 0 Å². The number of hydrogen-bond donors (Lipinski definition) is 0. The van der Waals surface area contributed by atoms with Gasteiger partial charge in [0.05, 0.1) is 6.61 Å². The lowest BCUT2D eigenvalue weighted by atomic mass is 10.6. The van der Waals surface area contributed by atoms with Crippen LogP contribution in [0.4, 0.5) is 0 Å². The van der Waals surface area contributed by atoms with E-state index in [1.165, 1.54) is 16.8 Å². The van der Waals surface area contributed by atoms with Crippen LogP contribution in [0, 0.1) is 0 Å². The van der Waals surface area contributed by atoms with Gasteiger partial charge in [-0.25, -0.2) is 4.98 Å². The molecule has 1 aromatic heterocycles. The Kier molecular flexibility index (Phi) is 2.25. The molecule has 0 aliphatic heterocycles. The molecule has 0 unspecified atom stereocenters. The van der Waals surface area contributed by atoms with Crippen LogP contribution in [0.15, 0.2) is 17.1 Å². The van der Waals surface area contributed by atoms with Gasteiger partial charge in [-0.05, 0) is 6.92 Å². The molecule has 1 rings (SSSR count). The van der Waals surface area contributed by atoms with Crippen LogP contribution < -0.4 is 10.3 Å². The van der Waals surface area contributed by atoms with E-state index in [0.717, 1.165) is 0 Å². The summed E-state index contributed by atoms with van der Waals surface area (Å²) in [5.41, 5.74) is -0.108. The van der Waals surface area contributed by atoms with Crippen molar-refractivity contribution in [1.29, 1.82) is 0 Å². The van der Waals surface area contributed by atoms with Gasteiger partial charge in [0.25, 0.3) is 11.6 Å². The standard InChI is InChI=1S/C7H10N2O2/c1-3-11-7-8-5-4-6(10)9(7)2/h4-5H,3H2,1-2H3. The zero-order valence-electron chi connectivity index (χ0n) is 6.57. The van der Waals surface area contributed by atoms with Gasteiger partial charge in [0.15, 0.2) is 0 Å². The molecule has 0 aliphatic carbocycles. The molecule has 0 fully saturated rings. The minimum atomic E-state index is -0.108. The van der Waals surface area contributed by atoms with Crippen LogP contribution in [0.3, 0.4) is 0 Å². The largest absolute Gasteiger partial charge is 0.465 e. The normalized spacial score (nSPS) is 9.64. The van der Waals surface area contributed by atoms with Crippen molar-refractivity contribution < 1.29 is 4.74 Å². The first-order valence-electron chi connectivity index (χ1n) is 3.40. The van der Waals surface area contributed by atoms with Crippen LogP contribution in [0.1, 0.15) is 6.92 Å². The predicted octanol–water partition coefficient (Wildman–Crippen LogP) is 0.179. The van der Waals surface area contributed by atoms with Crippen LogP contribution in [0.5, 0.6) is 6.01 Å². The van der Waals surface area contributed by atoms with E-state index in [0.29, 0.717) is 12.6 Å². The highest BCUT2D eigenvalue weighted by molar-refractivity contribution is 4.97. The second-order valence-electron chi connectivity index (χ2n) is 2.06. The van der Waals surface area contributed by atoms with Crippen molar-refractivity contribution in [3.8, 4) is 6.01 Å². The Morgan fingerprint density at radius 3 is 3.09 bits per heavy atom. The van der Waals surface area contributed by atoms with Crippen LogP contribution in [-0.4, -0.2) is 16.2 Å². The fourth-order valence-electron chi connectivity index (χ4n) is 0.721. The van der Waals surface area contributed by atoms with Crippen LogP contribution in [0.2, 0.25) is 0 Å². The molecule has 0 bridgehead atoms. The number of aromatic nitrogens is 2. The summed E-state index contributed by atoms with van der Waals surface area (Å²) < 4.78 is 6.43. The van der Waals surface area contributed by atoms with Gasteiger partial charge < -0.3 is 4.74 Å². The number of rotatable bonds is 2. The molecular weight excluding hydrogens is 144 g/mol. The Morgan fingerprint density at radius 2 is 2.45 bits per heavy atom. The topological polar surface area (TPSA) is 44.1 Å². The maximum absolute atomic E-state index is 11.0. The zero-order chi connectivity index (χ0) is 8.27. The Hall–Kier alpha value is -1.32. The first-order chi connectivity index (χ1) is 5.25. The van der Waals surface area contributed by atoms with Crippen molar-refractivity contribution >= 4 is 0 Å². The molecule has 0 N–H and O–H groups in total. The van der Waals surface area contributed by atoms with Crippen molar-refractivity contribution in [3.05, 3.63) is 22.6 Å². The van der Waals surface area contributed by atoms with Crippen molar-refractivity contribution in [2.75, 3.05) is 6.61 Å². The van der Waals surface area contributed by atoms with E-state index in [4.69, 9.17) is 4.74 Å². The van der Waals surface area contributed by atoms with Gasteiger partial charge in [0.2, 0.25) is 0 Å². The first-order valence-corrected chi connectivity index (χ1v) is 3.40. The molecule has 4 nitrogen and oxygen atoms in total. The summed E-state index contributed by atoms with van der Waals surface area (Å²) in [6.07, 6.45) is 1.44. The predicted molar refractivity (Wildman–Crippen MR) is 40.6 cm³/mol. The van der Waals surface area contributed by atoms with E-state index in [-0.39, 0.29) is 5.56 Å². The summed E-state index contributed by atoms with van der Waals surface area (Å²) in [7, 11) is 1.63. The third-order valence-corrected chi connectivity index (χ3v) is 1.29. The average molecular weight is 154 g/mol. The van der Waals surface area contributed by atoms with Crippen molar-refractivity contribution in [2.45, 2.75) is 6.92 Å². The molecule has 0 aliphatic rings. The summed E-state index contributed by atoms with van der Waals surface area (Å²) in [6, 6.07) is 1.75. The molecule has 0 saturated carbocycles. The smallest absolute Gasteiger partial charge is 0.298 e. The summed E-state index contributed by atoms with van der Waals surface area (Å²) >= 11 is 0. The van der Waals surface area contributed by atoms with E-state index in [1.54, 1.807) is 7.05 Å². The molecule has 60 valence electrons. The fourth-order valence-corrected chi connectivity index (χ4v) is 0.721. The second-order valence-corrected chi connectivity index (χ2v) is 2.06. The molecule has 4 heteroatoms. The highest BCUT2D eigenvalue weighted by Crippen LogP contribution is 1.97. The van der Waals surface area contributed by atoms with E-state index >= 15 is 0 Å². The Morgan fingerprint density at radius 1 is 1.73 bits per heavy atom. The van der Waals surface area contributed by atoms with E-state index in [2.05, 4.69) is 4.98 Å². The third-order valence-electron chi connectivity index (χ3n) is 1.29. The molecule has 0 saturated heterocycles. The minimum Gasteiger partial charge on any atom is -0.465 e. The van der Waals surface area contributed by atoms with Crippen molar-refractivity contribution in [2.24, 2.45) is 7.05 Å². The molecule has 0 aromatic carbocycles. The number of ether oxygens (including phenoxy) is 1. The number of hydrogen-bond acceptors (Lipinski definition) is 3. The fraction of sp³-hybridized carbons (Fsp3) is 0.429. The maximum Gasteiger partial charge on any atom is 0.298 e. The summed E-state index contributed by atoms with van der Waals surface area (Å²) in [5, 5.41) is 0. The van der Waals surface area contributed by atoms with Crippen LogP contribution in [-0.2, 0) is 7.05 Å². The average Bonchev–Trinajstić information content (AvgIpc) is 1.99. The molecule has 0 amide bonds. The SMILES string of the molecule is CCOc1nccc(=O)n1C. The van der Waals surface area contributed by atoms with E-state index < -0.39 is 0 Å².